The Labute approximate surface area is 89.9 Å². The average Bonchev–Trinajstić information content (AvgIpc) is 3.05. The molecule has 2 unspecified atom stereocenters. The maximum absolute atomic E-state index is 9.02. The van der Waals surface area contributed by atoms with Crippen LogP contribution in [0.1, 0.15) is 6.42 Å². The van der Waals surface area contributed by atoms with Crippen molar-refractivity contribution in [3.05, 3.63) is 0 Å². The lowest BCUT2D eigenvalue weighted by Gasteiger charge is -2.14. The van der Waals surface area contributed by atoms with Crippen LogP contribution in [0.3, 0.4) is 0 Å². The summed E-state index contributed by atoms with van der Waals surface area (Å²) in [5, 5.41) is 17.6. The van der Waals surface area contributed by atoms with E-state index in [4.69, 9.17) is 24.4 Å². The Bertz CT molecular complexity index is 149. The van der Waals surface area contributed by atoms with Gasteiger partial charge in [0, 0.05) is 19.1 Å². The molecule has 1 saturated heterocycles. The van der Waals surface area contributed by atoms with E-state index < -0.39 is 0 Å². The summed E-state index contributed by atoms with van der Waals surface area (Å²) in [7, 11) is 0. The molecule has 1 aliphatic rings. The summed E-state index contributed by atoms with van der Waals surface area (Å²) in [5.41, 5.74) is 0. The Kier molecular flexibility index (Phi) is 6.87. The molecule has 0 aromatic heterocycles. The minimum Gasteiger partial charge on any atom is -0.396 e. The molecule has 0 aromatic carbocycles. The molecular formula is C10H20O5. The summed E-state index contributed by atoms with van der Waals surface area (Å²) in [6.45, 7) is 3.09. The van der Waals surface area contributed by atoms with Crippen LogP contribution >= 0.6 is 0 Å². The molecule has 0 bridgehead atoms. The fourth-order valence-electron chi connectivity index (χ4n) is 1.10. The van der Waals surface area contributed by atoms with E-state index in [0.717, 1.165) is 6.61 Å². The van der Waals surface area contributed by atoms with Crippen LogP contribution < -0.4 is 0 Å². The fourth-order valence-corrected chi connectivity index (χ4v) is 1.10. The predicted octanol–water partition coefficient (Wildman–Crippen LogP) is -0.591. The molecule has 0 saturated carbocycles. The van der Waals surface area contributed by atoms with Gasteiger partial charge in [0.2, 0.25) is 0 Å². The van der Waals surface area contributed by atoms with Crippen molar-refractivity contribution < 1.29 is 24.4 Å². The highest BCUT2D eigenvalue weighted by Crippen LogP contribution is 2.09. The second-order valence-electron chi connectivity index (χ2n) is 3.69. The molecule has 0 aliphatic carbocycles. The summed E-state index contributed by atoms with van der Waals surface area (Å²) >= 11 is 0. The molecule has 2 atom stereocenters. The lowest BCUT2D eigenvalue weighted by atomic mass is 10.2. The predicted molar refractivity (Wildman–Crippen MR) is 53.7 cm³/mol. The topological polar surface area (TPSA) is 71.5 Å². The number of aliphatic hydroxyl groups is 2. The zero-order valence-corrected chi connectivity index (χ0v) is 8.93. The van der Waals surface area contributed by atoms with Crippen LogP contribution in [0.15, 0.2) is 0 Å². The Morgan fingerprint density at radius 3 is 2.60 bits per heavy atom. The fraction of sp³-hybridized carbons (Fsp3) is 1.00. The molecule has 1 aliphatic heterocycles. The zero-order valence-electron chi connectivity index (χ0n) is 8.93. The third-order valence-electron chi connectivity index (χ3n) is 2.12. The second kappa shape index (κ2) is 8.01. The van der Waals surface area contributed by atoms with Gasteiger partial charge in [0.1, 0.15) is 6.10 Å². The number of ether oxygens (including phenoxy) is 3. The third kappa shape index (κ3) is 6.81. The first-order valence-corrected chi connectivity index (χ1v) is 5.35. The molecule has 0 aromatic rings. The van der Waals surface area contributed by atoms with Gasteiger partial charge >= 0.3 is 0 Å². The van der Waals surface area contributed by atoms with Crippen LogP contribution in [0.25, 0.3) is 0 Å². The molecule has 0 radical (unpaired) electrons. The number of epoxide rings is 1. The van der Waals surface area contributed by atoms with Crippen molar-refractivity contribution in [3.8, 4) is 0 Å². The van der Waals surface area contributed by atoms with Crippen molar-refractivity contribution in [1.29, 1.82) is 0 Å². The summed E-state index contributed by atoms with van der Waals surface area (Å²) < 4.78 is 15.6. The standard InChI is InChI=1S/C10H20O5/c11-2-1-3-13-5-9(4-12)6-14-7-10-8-15-10/h9-12H,1-8H2. The summed E-state index contributed by atoms with van der Waals surface area (Å²) in [4.78, 5) is 0. The molecule has 90 valence electrons. The quantitative estimate of drug-likeness (QED) is 0.380. The largest absolute Gasteiger partial charge is 0.396 e. The van der Waals surface area contributed by atoms with Crippen LogP contribution in [0.4, 0.5) is 0 Å². The monoisotopic (exact) mass is 220 g/mol. The number of hydrogen-bond acceptors (Lipinski definition) is 5. The van der Waals surface area contributed by atoms with Crippen LogP contribution in [-0.4, -0.2) is 62.6 Å². The molecule has 0 spiro atoms. The van der Waals surface area contributed by atoms with Gasteiger partial charge in [-0.1, -0.05) is 0 Å². The number of aliphatic hydroxyl groups excluding tert-OH is 2. The van der Waals surface area contributed by atoms with E-state index in [1.165, 1.54) is 0 Å². The van der Waals surface area contributed by atoms with Gasteiger partial charge in [0.15, 0.2) is 0 Å². The van der Waals surface area contributed by atoms with Crippen LogP contribution in [0.2, 0.25) is 0 Å². The molecule has 2 N–H and O–H groups in total. The first-order valence-electron chi connectivity index (χ1n) is 5.35. The molecule has 1 fully saturated rings. The van der Waals surface area contributed by atoms with Crippen LogP contribution in [-0.2, 0) is 14.2 Å². The van der Waals surface area contributed by atoms with Crippen molar-refractivity contribution in [2.24, 2.45) is 5.92 Å². The van der Waals surface area contributed by atoms with E-state index in [2.05, 4.69) is 0 Å². The highest BCUT2D eigenvalue weighted by atomic mass is 16.6. The van der Waals surface area contributed by atoms with E-state index in [1.807, 2.05) is 0 Å². The summed E-state index contributed by atoms with van der Waals surface area (Å²) in [6.07, 6.45) is 0.897. The molecule has 15 heavy (non-hydrogen) atoms. The number of hydrogen-bond donors (Lipinski definition) is 2. The molecule has 5 heteroatoms. The Balaban J connectivity index is 1.90. The van der Waals surface area contributed by atoms with Crippen molar-refractivity contribution in [2.75, 3.05) is 46.2 Å². The molecular weight excluding hydrogens is 200 g/mol. The van der Waals surface area contributed by atoms with Crippen molar-refractivity contribution in [3.63, 3.8) is 0 Å². The van der Waals surface area contributed by atoms with Gasteiger partial charge in [-0.2, -0.15) is 0 Å². The third-order valence-corrected chi connectivity index (χ3v) is 2.12. The van der Waals surface area contributed by atoms with Crippen molar-refractivity contribution in [1.82, 2.24) is 0 Å². The smallest absolute Gasteiger partial charge is 0.104 e. The second-order valence-corrected chi connectivity index (χ2v) is 3.69. The lowest BCUT2D eigenvalue weighted by Crippen LogP contribution is -2.21. The first kappa shape index (κ1) is 12.9. The average molecular weight is 220 g/mol. The van der Waals surface area contributed by atoms with Crippen LogP contribution in [0.5, 0.6) is 0 Å². The van der Waals surface area contributed by atoms with Crippen molar-refractivity contribution in [2.45, 2.75) is 12.5 Å². The van der Waals surface area contributed by atoms with E-state index in [0.29, 0.717) is 32.8 Å². The summed E-state index contributed by atoms with van der Waals surface area (Å²) in [5.74, 6) is 0.0162. The first-order chi connectivity index (χ1) is 7.36. The minimum atomic E-state index is 0.0162. The highest BCUT2D eigenvalue weighted by Gasteiger charge is 2.22. The highest BCUT2D eigenvalue weighted by molar-refractivity contribution is 4.67. The Hall–Kier alpha value is -0.200. The molecule has 5 nitrogen and oxygen atoms in total. The SMILES string of the molecule is OCCCOCC(CO)COCC1CO1. The van der Waals surface area contributed by atoms with E-state index >= 15 is 0 Å². The Morgan fingerprint density at radius 1 is 1.27 bits per heavy atom. The molecule has 1 rings (SSSR count). The lowest BCUT2D eigenvalue weighted by molar-refractivity contribution is 0.00951. The zero-order chi connectivity index (χ0) is 10.9. The van der Waals surface area contributed by atoms with Gasteiger partial charge in [-0.3, -0.25) is 0 Å². The van der Waals surface area contributed by atoms with E-state index in [1.54, 1.807) is 0 Å². The Morgan fingerprint density at radius 2 is 2.00 bits per heavy atom. The van der Waals surface area contributed by atoms with Gasteiger partial charge in [-0.25, -0.2) is 0 Å². The maximum Gasteiger partial charge on any atom is 0.104 e. The van der Waals surface area contributed by atoms with E-state index in [9.17, 15) is 0 Å². The van der Waals surface area contributed by atoms with Gasteiger partial charge < -0.3 is 24.4 Å². The van der Waals surface area contributed by atoms with E-state index in [-0.39, 0.29) is 25.2 Å². The maximum atomic E-state index is 9.02. The summed E-state index contributed by atoms with van der Waals surface area (Å²) in [6, 6.07) is 0. The normalized spacial score (nSPS) is 21.6. The van der Waals surface area contributed by atoms with Gasteiger partial charge in [0.25, 0.3) is 0 Å². The van der Waals surface area contributed by atoms with Gasteiger partial charge in [0.05, 0.1) is 33.0 Å². The number of rotatable bonds is 10. The van der Waals surface area contributed by atoms with Crippen LogP contribution in [0, 0.1) is 5.92 Å². The minimum absolute atomic E-state index is 0.0162. The van der Waals surface area contributed by atoms with Crippen molar-refractivity contribution >= 4 is 0 Å². The molecule has 0 amide bonds. The van der Waals surface area contributed by atoms with Gasteiger partial charge in [-0.05, 0) is 6.42 Å². The van der Waals surface area contributed by atoms with Gasteiger partial charge in [-0.15, -0.1) is 0 Å². The molecule has 1 heterocycles.